The largest absolute Gasteiger partial charge is 0.422 e. The second kappa shape index (κ2) is 7.15. The third kappa shape index (κ3) is 3.16. The number of amides is 3. The number of aryl methyl sites for hydroxylation is 2. The van der Waals surface area contributed by atoms with E-state index in [1.807, 2.05) is 26.0 Å². The summed E-state index contributed by atoms with van der Waals surface area (Å²) >= 11 is 12.2. The molecule has 2 aromatic carbocycles. The van der Waals surface area contributed by atoms with Gasteiger partial charge in [0.15, 0.2) is 0 Å². The minimum Gasteiger partial charge on any atom is -0.422 e. The van der Waals surface area contributed by atoms with Crippen molar-refractivity contribution in [3.8, 4) is 0 Å². The molecule has 6 nitrogen and oxygen atoms in total. The van der Waals surface area contributed by atoms with Gasteiger partial charge >= 0.3 is 11.7 Å². The van der Waals surface area contributed by atoms with Crippen LogP contribution >= 0.6 is 23.2 Å². The Morgan fingerprint density at radius 3 is 2.50 bits per heavy atom. The molecule has 0 bridgehead atoms. The lowest BCUT2D eigenvalue weighted by molar-refractivity contribution is -0.131. The molecule has 4 rings (SSSR count). The maximum Gasteiger partial charge on any atom is 0.336 e. The van der Waals surface area contributed by atoms with Crippen molar-refractivity contribution in [2.45, 2.75) is 32.9 Å². The molecule has 1 unspecified atom stereocenters. The van der Waals surface area contributed by atoms with E-state index in [-0.39, 0.29) is 11.6 Å². The molecule has 3 amide bonds. The SMILES string of the molecule is Cc1ccc2c(CN3C(=O)NC(C)(c4ccc(Cl)cc4Cl)C3=O)cc(=O)oc2c1C. The standard InChI is InChI=1S/C22H18Cl2N2O4/c1-11-4-6-15-13(8-18(27)30-19(15)12(11)2)10-26-20(28)22(3,25-21(26)29)16-7-5-14(23)9-17(16)24/h4-9H,10H2,1-3H3,(H,25,29). The molecule has 0 radical (unpaired) electrons. The second-order valence-electron chi connectivity index (χ2n) is 7.55. The van der Waals surface area contributed by atoms with Gasteiger partial charge in [-0.2, -0.15) is 0 Å². The number of benzene rings is 2. The van der Waals surface area contributed by atoms with Crippen LogP contribution in [0, 0.1) is 13.8 Å². The molecular weight excluding hydrogens is 427 g/mol. The van der Waals surface area contributed by atoms with Gasteiger partial charge in [-0.05, 0) is 49.6 Å². The first-order valence-electron chi connectivity index (χ1n) is 9.24. The molecule has 0 aliphatic carbocycles. The van der Waals surface area contributed by atoms with Gasteiger partial charge in [0.25, 0.3) is 5.91 Å². The Kier molecular flexibility index (Phi) is 4.87. The van der Waals surface area contributed by atoms with Crippen LogP contribution in [-0.4, -0.2) is 16.8 Å². The van der Waals surface area contributed by atoms with E-state index in [1.54, 1.807) is 19.1 Å². The average molecular weight is 445 g/mol. The highest BCUT2D eigenvalue weighted by Gasteiger charge is 2.50. The van der Waals surface area contributed by atoms with Crippen molar-refractivity contribution >= 4 is 46.1 Å². The van der Waals surface area contributed by atoms with Gasteiger partial charge in [0.2, 0.25) is 0 Å². The van der Waals surface area contributed by atoms with E-state index in [9.17, 15) is 14.4 Å². The monoisotopic (exact) mass is 444 g/mol. The number of urea groups is 1. The van der Waals surface area contributed by atoms with E-state index >= 15 is 0 Å². The van der Waals surface area contributed by atoms with Crippen LogP contribution in [-0.2, 0) is 16.9 Å². The third-order valence-electron chi connectivity index (χ3n) is 5.59. The van der Waals surface area contributed by atoms with Crippen molar-refractivity contribution in [2.24, 2.45) is 0 Å². The molecule has 1 saturated heterocycles. The molecule has 2 heterocycles. The van der Waals surface area contributed by atoms with Crippen LogP contribution in [0.25, 0.3) is 11.0 Å². The topological polar surface area (TPSA) is 79.6 Å². The molecule has 1 atom stereocenters. The van der Waals surface area contributed by atoms with E-state index < -0.39 is 23.1 Å². The van der Waals surface area contributed by atoms with E-state index in [1.165, 1.54) is 12.1 Å². The summed E-state index contributed by atoms with van der Waals surface area (Å²) in [6.45, 7) is 5.29. The summed E-state index contributed by atoms with van der Waals surface area (Å²) < 4.78 is 5.38. The van der Waals surface area contributed by atoms with E-state index in [0.29, 0.717) is 27.1 Å². The molecule has 3 aromatic rings. The first kappa shape index (κ1) is 20.4. The first-order valence-corrected chi connectivity index (χ1v) is 10.00. The number of halogens is 2. The predicted molar refractivity (Wildman–Crippen MR) is 115 cm³/mol. The molecule has 8 heteroatoms. The minimum absolute atomic E-state index is 0.0733. The van der Waals surface area contributed by atoms with E-state index in [2.05, 4.69) is 5.32 Å². The Morgan fingerprint density at radius 1 is 1.07 bits per heavy atom. The molecule has 30 heavy (non-hydrogen) atoms. The van der Waals surface area contributed by atoms with Gasteiger partial charge in [-0.25, -0.2) is 9.59 Å². The normalized spacial score (nSPS) is 18.9. The lowest BCUT2D eigenvalue weighted by Gasteiger charge is -2.23. The highest BCUT2D eigenvalue weighted by Crippen LogP contribution is 2.36. The van der Waals surface area contributed by atoms with Crippen LogP contribution in [0.1, 0.15) is 29.2 Å². The maximum absolute atomic E-state index is 13.3. The summed E-state index contributed by atoms with van der Waals surface area (Å²) in [5.74, 6) is -0.470. The molecule has 0 saturated carbocycles. The number of imide groups is 1. The first-order chi connectivity index (χ1) is 14.1. The molecule has 154 valence electrons. The van der Waals surface area contributed by atoms with Crippen molar-refractivity contribution in [3.05, 3.63) is 79.1 Å². The van der Waals surface area contributed by atoms with Crippen molar-refractivity contribution in [2.75, 3.05) is 0 Å². The van der Waals surface area contributed by atoms with Gasteiger partial charge in [-0.1, -0.05) is 41.4 Å². The highest BCUT2D eigenvalue weighted by molar-refractivity contribution is 6.35. The highest BCUT2D eigenvalue weighted by atomic mass is 35.5. The maximum atomic E-state index is 13.3. The van der Waals surface area contributed by atoms with Gasteiger partial charge in [-0.3, -0.25) is 9.69 Å². The van der Waals surface area contributed by atoms with Crippen LogP contribution in [0.2, 0.25) is 10.0 Å². The zero-order valence-corrected chi connectivity index (χ0v) is 18.0. The summed E-state index contributed by atoms with van der Waals surface area (Å²) in [5.41, 5.74) is 1.34. The minimum atomic E-state index is -1.35. The Morgan fingerprint density at radius 2 is 1.80 bits per heavy atom. The number of carbonyl (C=O) groups is 2. The molecule has 1 N–H and O–H groups in total. The molecule has 0 spiro atoms. The second-order valence-corrected chi connectivity index (χ2v) is 8.39. The summed E-state index contributed by atoms with van der Waals surface area (Å²) in [7, 11) is 0. The number of nitrogens with zero attached hydrogens (tertiary/aromatic N) is 1. The lowest BCUT2D eigenvalue weighted by atomic mass is 9.92. The summed E-state index contributed by atoms with van der Waals surface area (Å²) in [5, 5.41) is 4.10. The molecule has 1 aliphatic rings. The summed E-state index contributed by atoms with van der Waals surface area (Å²) in [6.07, 6.45) is 0. The molecule has 1 fully saturated rings. The number of hydrogen-bond donors (Lipinski definition) is 1. The van der Waals surface area contributed by atoms with Crippen LogP contribution in [0.3, 0.4) is 0 Å². The van der Waals surface area contributed by atoms with Crippen LogP contribution in [0.15, 0.2) is 45.6 Å². The Balaban J connectivity index is 1.76. The van der Waals surface area contributed by atoms with Crippen LogP contribution in [0.5, 0.6) is 0 Å². The average Bonchev–Trinajstić information content (AvgIpc) is 2.88. The zero-order chi connectivity index (χ0) is 21.8. The lowest BCUT2D eigenvalue weighted by Crippen LogP contribution is -2.41. The Labute approximate surface area is 182 Å². The number of fused-ring (bicyclic) bond motifs is 1. The smallest absolute Gasteiger partial charge is 0.336 e. The quantitative estimate of drug-likeness (QED) is 0.469. The number of nitrogens with one attached hydrogen (secondary N) is 1. The van der Waals surface area contributed by atoms with Crippen molar-refractivity contribution < 1.29 is 14.0 Å². The fourth-order valence-corrected chi connectivity index (χ4v) is 4.34. The Bertz CT molecular complexity index is 1280. The summed E-state index contributed by atoms with van der Waals surface area (Å²) in [6, 6.07) is 9.21. The van der Waals surface area contributed by atoms with Gasteiger partial charge in [0.1, 0.15) is 11.1 Å². The van der Waals surface area contributed by atoms with Gasteiger partial charge in [0, 0.05) is 27.1 Å². The van der Waals surface area contributed by atoms with Crippen molar-refractivity contribution in [1.82, 2.24) is 10.2 Å². The van der Waals surface area contributed by atoms with Gasteiger partial charge in [-0.15, -0.1) is 0 Å². The molecule has 1 aliphatic heterocycles. The van der Waals surface area contributed by atoms with E-state index in [4.69, 9.17) is 27.6 Å². The number of hydrogen-bond acceptors (Lipinski definition) is 4. The zero-order valence-electron chi connectivity index (χ0n) is 16.5. The summed E-state index contributed by atoms with van der Waals surface area (Å²) in [4.78, 5) is 39.2. The Hall–Kier alpha value is -2.83. The van der Waals surface area contributed by atoms with Crippen molar-refractivity contribution in [1.29, 1.82) is 0 Å². The van der Waals surface area contributed by atoms with Gasteiger partial charge < -0.3 is 9.73 Å². The molecule has 1 aromatic heterocycles. The van der Waals surface area contributed by atoms with Gasteiger partial charge in [0.05, 0.1) is 6.54 Å². The van der Waals surface area contributed by atoms with E-state index in [0.717, 1.165) is 16.0 Å². The molecular formula is C22H18Cl2N2O4. The van der Waals surface area contributed by atoms with Crippen molar-refractivity contribution in [3.63, 3.8) is 0 Å². The fraction of sp³-hybridized carbons (Fsp3) is 0.227. The van der Waals surface area contributed by atoms with Crippen LogP contribution in [0.4, 0.5) is 4.79 Å². The number of rotatable bonds is 3. The van der Waals surface area contributed by atoms with Crippen LogP contribution < -0.4 is 10.9 Å². The third-order valence-corrected chi connectivity index (χ3v) is 6.14. The predicted octanol–water partition coefficient (Wildman–Crippen LogP) is 4.68. The number of carbonyl (C=O) groups excluding carboxylic acids is 2. The fourth-order valence-electron chi connectivity index (χ4n) is 3.74.